The first-order valence-corrected chi connectivity index (χ1v) is 8.74. The molecule has 0 unspecified atom stereocenters. The molecule has 2 rings (SSSR count). The maximum Gasteiger partial charge on any atom is 0.225 e. The van der Waals surface area contributed by atoms with Gasteiger partial charge in [0.25, 0.3) is 0 Å². The maximum atomic E-state index is 12.7. The quantitative estimate of drug-likeness (QED) is 0.724. The van der Waals surface area contributed by atoms with E-state index < -0.39 is 0 Å². The van der Waals surface area contributed by atoms with E-state index in [9.17, 15) is 4.79 Å². The van der Waals surface area contributed by atoms with E-state index in [1.165, 1.54) is 5.56 Å². The molecule has 0 aliphatic carbocycles. The van der Waals surface area contributed by atoms with Gasteiger partial charge in [-0.15, -0.1) is 0 Å². The van der Waals surface area contributed by atoms with Gasteiger partial charge in [-0.3, -0.25) is 4.79 Å². The SMILES string of the molecule is COCCCN1CCCN(C(=O)[C@H](C)Cc2ccccc2)CC1. The second-order valence-corrected chi connectivity index (χ2v) is 6.46. The Balaban J connectivity index is 1.80. The first-order valence-electron chi connectivity index (χ1n) is 8.74. The Morgan fingerprint density at radius 3 is 2.70 bits per heavy atom. The fourth-order valence-electron chi connectivity index (χ4n) is 3.21. The van der Waals surface area contributed by atoms with Crippen molar-refractivity contribution >= 4 is 5.91 Å². The zero-order valence-corrected chi connectivity index (χ0v) is 14.5. The molecule has 0 radical (unpaired) electrons. The van der Waals surface area contributed by atoms with E-state index in [1.807, 2.05) is 18.2 Å². The minimum Gasteiger partial charge on any atom is -0.385 e. The largest absolute Gasteiger partial charge is 0.385 e. The summed E-state index contributed by atoms with van der Waals surface area (Å²) >= 11 is 0. The molecule has 4 nitrogen and oxygen atoms in total. The Bertz CT molecular complexity index is 464. The summed E-state index contributed by atoms with van der Waals surface area (Å²) in [5.41, 5.74) is 1.24. The molecule has 0 aromatic heterocycles. The summed E-state index contributed by atoms with van der Waals surface area (Å²) in [6, 6.07) is 10.3. The molecule has 1 fully saturated rings. The summed E-state index contributed by atoms with van der Waals surface area (Å²) in [6.07, 6.45) is 2.96. The van der Waals surface area contributed by atoms with Gasteiger partial charge in [0, 0.05) is 45.8 Å². The number of methoxy groups -OCH3 is 1. The maximum absolute atomic E-state index is 12.7. The topological polar surface area (TPSA) is 32.8 Å². The van der Waals surface area contributed by atoms with Crippen molar-refractivity contribution in [1.29, 1.82) is 0 Å². The van der Waals surface area contributed by atoms with Gasteiger partial charge in [0.05, 0.1) is 0 Å². The van der Waals surface area contributed by atoms with Crippen LogP contribution in [0.4, 0.5) is 0 Å². The molecular weight excluding hydrogens is 288 g/mol. The molecule has 1 saturated heterocycles. The zero-order chi connectivity index (χ0) is 16.5. The number of benzene rings is 1. The van der Waals surface area contributed by atoms with Crippen LogP contribution in [-0.4, -0.2) is 62.1 Å². The van der Waals surface area contributed by atoms with Gasteiger partial charge in [0.1, 0.15) is 0 Å². The van der Waals surface area contributed by atoms with Gasteiger partial charge in [-0.05, 0) is 31.4 Å². The average Bonchev–Trinajstić information content (AvgIpc) is 2.81. The molecular formula is C19H30N2O2. The van der Waals surface area contributed by atoms with Crippen LogP contribution in [0.3, 0.4) is 0 Å². The van der Waals surface area contributed by atoms with Gasteiger partial charge in [0.2, 0.25) is 5.91 Å². The Hall–Kier alpha value is -1.39. The van der Waals surface area contributed by atoms with Crippen LogP contribution in [0, 0.1) is 5.92 Å². The lowest BCUT2D eigenvalue weighted by molar-refractivity contribution is -0.134. The van der Waals surface area contributed by atoms with Crippen LogP contribution in [-0.2, 0) is 16.0 Å². The van der Waals surface area contributed by atoms with Crippen LogP contribution >= 0.6 is 0 Å². The summed E-state index contributed by atoms with van der Waals surface area (Å²) in [4.78, 5) is 17.2. The Labute approximate surface area is 140 Å². The molecule has 0 bridgehead atoms. The van der Waals surface area contributed by atoms with E-state index >= 15 is 0 Å². The van der Waals surface area contributed by atoms with Crippen molar-refractivity contribution in [3.8, 4) is 0 Å². The summed E-state index contributed by atoms with van der Waals surface area (Å²) in [7, 11) is 1.75. The molecule has 1 heterocycles. The highest BCUT2D eigenvalue weighted by molar-refractivity contribution is 5.78. The van der Waals surface area contributed by atoms with E-state index in [-0.39, 0.29) is 5.92 Å². The van der Waals surface area contributed by atoms with Crippen molar-refractivity contribution in [2.75, 3.05) is 46.4 Å². The third kappa shape index (κ3) is 5.96. The van der Waals surface area contributed by atoms with Crippen molar-refractivity contribution in [3.05, 3.63) is 35.9 Å². The molecule has 0 saturated carbocycles. The zero-order valence-electron chi connectivity index (χ0n) is 14.5. The first kappa shape index (κ1) is 18.0. The molecule has 128 valence electrons. The van der Waals surface area contributed by atoms with Crippen molar-refractivity contribution in [1.82, 2.24) is 9.80 Å². The van der Waals surface area contributed by atoms with Gasteiger partial charge >= 0.3 is 0 Å². The number of carbonyl (C=O) groups is 1. The molecule has 1 aromatic carbocycles. The van der Waals surface area contributed by atoms with Crippen LogP contribution in [0.15, 0.2) is 30.3 Å². The predicted molar refractivity (Wildman–Crippen MR) is 93.4 cm³/mol. The van der Waals surface area contributed by atoms with Crippen molar-refractivity contribution in [3.63, 3.8) is 0 Å². The summed E-state index contributed by atoms with van der Waals surface area (Å²) in [5.74, 6) is 0.352. The van der Waals surface area contributed by atoms with Gasteiger partial charge in [-0.2, -0.15) is 0 Å². The molecule has 1 aromatic rings. The molecule has 1 amide bonds. The first-order chi connectivity index (χ1) is 11.2. The third-order valence-electron chi connectivity index (χ3n) is 4.53. The van der Waals surface area contributed by atoms with Crippen molar-refractivity contribution in [2.24, 2.45) is 5.92 Å². The number of rotatable bonds is 7. The number of ether oxygens (including phenoxy) is 1. The third-order valence-corrected chi connectivity index (χ3v) is 4.53. The lowest BCUT2D eigenvalue weighted by Gasteiger charge is -2.25. The minimum absolute atomic E-state index is 0.0532. The number of amides is 1. The van der Waals surface area contributed by atoms with E-state index in [1.54, 1.807) is 7.11 Å². The Morgan fingerprint density at radius 2 is 1.96 bits per heavy atom. The molecule has 0 N–H and O–H groups in total. The summed E-state index contributed by atoms with van der Waals surface area (Å²) in [6.45, 7) is 7.73. The predicted octanol–water partition coefficient (Wildman–Crippen LogP) is 2.44. The smallest absolute Gasteiger partial charge is 0.225 e. The monoisotopic (exact) mass is 318 g/mol. The van der Waals surface area contributed by atoms with Gasteiger partial charge < -0.3 is 14.5 Å². The van der Waals surface area contributed by atoms with Crippen LogP contribution in [0.2, 0.25) is 0 Å². The van der Waals surface area contributed by atoms with Crippen LogP contribution < -0.4 is 0 Å². The van der Waals surface area contributed by atoms with Crippen LogP contribution in [0.25, 0.3) is 0 Å². The van der Waals surface area contributed by atoms with E-state index in [0.717, 1.165) is 58.6 Å². The number of hydrogen-bond acceptors (Lipinski definition) is 3. The lowest BCUT2D eigenvalue weighted by Crippen LogP contribution is -2.39. The second-order valence-electron chi connectivity index (χ2n) is 6.46. The molecule has 1 aliphatic rings. The molecule has 0 spiro atoms. The second kappa shape index (κ2) is 9.68. The fraction of sp³-hybridized carbons (Fsp3) is 0.632. The minimum atomic E-state index is 0.0532. The van der Waals surface area contributed by atoms with Gasteiger partial charge in [-0.1, -0.05) is 37.3 Å². The van der Waals surface area contributed by atoms with Crippen molar-refractivity contribution in [2.45, 2.75) is 26.2 Å². The Kier molecular flexibility index (Phi) is 7.56. The molecule has 23 heavy (non-hydrogen) atoms. The van der Waals surface area contributed by atoms with E-state index in [0.29, 0.717) is 5.91 Å². The summed E-state index contributed by atoms with van der Waals surface area (Å²) < 4.78 is 5.12. The summed E-state index contributed by atoms with van der Waals surface area (Å²) in [5, 5.41) is 0. The average molecular weight is 318 g/mol. The number of hydrogen-bond donors (Lipinski definition) is 0. The molecule has 1 atom stereocenters. The molecule has 1 aliphatic heterocycles. The highest BCUT2D eigenvalue weighted by atomic mass is 16.5. The number of nitrogens with zero attached hydrogens (tertiary/aromatic N) is 2. The molecule has 4 heteroatoms. The van der Waals surface area contributed by atoms with Gasteiger partial charge in [-0.25, -0.2) is 0 Å². The van der Waals surface area contributed by atoms with Crippen LogP contribution in [0.1, 0.15) is 25.3 Å². The highest BCUT2D eigenvalue weighted by Gasteiger charge is 2.23. The van der Waals surface area contributed by atoms with E-state index in [4.69, 9.17) is 4.74 Å². The fourth-order valence-corrected chi connectivity index (χ4v) is 3.21. The highest BCUT2D eigenvalue weighted by Crippen LogP contribution is 2.13. The van der Waals surface area contributed by atoms with Crippen molar-refractivity contribution < 1.29 is 9.53 Å². The Morgan fingerprint density at radius 1 is 1.17 bits per heavy atom. The van der Waals surface area contributed by atoms with E-state index in [2.05, 4.69) is 28.9 Å². The number of carbonyl (C=O) groups excluding carboxylic acids is 1. The van der Waals surface area contributed by atoms with Gasteiger partial charge in [0.15, 0.2) is 0 Å². The lowest BCUT2D eigenvalue weighted by atomic mass is 10.00. The standard InChI is InChI=1S/C19H30N2O2/c1-17(16-18-8-4-3-5-9-18)19(22)21-12-6-10-20(13-14-21)11-7-15-23-2/h3-5,8-9,17H,6-7,10-16H2,1-2H3/t17-/m1/s1. The normalized spacial score (nSPS) is 17.7. The van der Waals surface area contributed by atoms with Crippen LogP contribution in [0.5, 0.6) is 0 Å².